The zero-order chi connectivity index (χ0) is 21.8. The van der Waals surface area contributed by atoms with Gasteiger partial charge in [-0.1, -0.05) is 17.7 Å². The van der Waals surface area contributed by atoms with Crippen LogP contribution in [0.1, 0.15) is 21.5 Å². The molecule has 30 heavy (non-hydrogen) atoms. The number of rotatable bonds is 5. The molecule has 0 saturated heterocycles. The molecular formula is C21H22ClN5O3. The Labute approximate surface area is 179 Å². The smallest absolute Gasteiger partial charge is 0.255 e. The van der Waals surface area contributed by atoms with Crippen molar-refractivity contribution >= 4 is 41.0 Å². The van der Waals surface area contributed by atoms with Crippen LogP contribution in [0.2, 0.25) is 5.02 Å². The lowest BCUT2D eigenvalue weighted by molar-refractivity contribution is -0.121. The number of hydrogen-bond acceptors (Lipinski definition) is 6. The number of nitrogens with two attached hydrogens (primary N) is 1. The van der Waals surface area contributed by atoms with Crippen molar-refractivity contribution in [3.05, 3.63) is 58.1 Å². The summed E-state index contributed by atoms with van der Waals surface area (Å²) in [5, 5.41) is 14.4. The van der Waals surface area contributed by atoms with E-state index in [-0.39, 0.29) is 29.7 Å². The molecule has 1 unspecified atom stereocenters. The summed E-state index contributed by atoms with van der Waals surface area (Å²) in [5.74, 6) is 5.04. The normalized spacial score (nSPS) is 15.6. The SMILES string of the molecule is CN(C)C(=O)c1cc(/C(C=N)=N/N)ccc1NC(=O)C1COc2ccc(Cl)cc2C1. The van der Waals surface area contributed by atoms with E-state index in [1.807, 2.05) is 0 Å². The molecule has 0 aromatic heterocycles. The fourth-order valence-corrected chi connectivity index (χ4v) is 3.39. The van der Waals surface area contributed by atoms with Crippen LogP contribution in [0, 0.1) is 11.3 Å². The predicted octanol–water partition coefficient (Wildman–Crippen LogP) is 2.54. The molecule has 3 rings (SSSR count). The first-order valence-corrected chi connectivity index (χ1v) is 9.58. The van der Waals surface area contributed by atoms with E-state index in [4.69, 9.17) is 27.6 Å². The first kappa shape index (κ1) is 21.3. The summed E-state index contributed by atoms with van der Waals surface area (Å²) in [6.45, 7) is 0.229. The molecule has 0 fully saturated rings. The number of carbonyl (C=O) groups is 2. The van der Waals surface area contributed by atoms with E-state index in [1.165, 1.54) is 4.90 Å². The maximum atomic E-state index is 12.9. The third kappa shape index (κ3) is 4.44. The molecule has 1 aliphatic heterocycles. The number of amides is 2. The van der Waals surface area contributed by atoms with Crippen LogP contribution in [-0.2, 0) is 11.2 Å². The van der Waals surface area contributed by atoms with Crippen molar-refractivity contribution in [2.24, 2.45) is 16.9 Å². The maximum absolute atomic E-state index is 12.9. The van der Waals surface area contributed by atoms with Crippen LogP contribution in [0.15, 0.2) is 41.5 Å². The van der Waals surface area contributed by atoms with E-state index in [0.717, 1.165) is 17.5 Å². The Hall–Kier alpha value is -3.39. The Morgan fingerprint density at radius 3 is 2.73 bits per heavy atom. The number of carbonyl (C=O) groups excluding carboxylic acids is 2. The maximum Gasteiger partial charge on any atom is 0.255 e. The van der Waals surface area contributed by atoms with E-state index in [2.05, 4.69) is 10.4 Å². The molecule has 156 valence electrons. The molecule has 1 aliphatic rings. The zero-order valence-corrected chi connectivity index (χ0v) is 17.4. The Morgan fingerprint density at radius 1 is 1.30 bits per heavy atom. The number of ether oxygens (including phenoxy) is 1. The van der Waals surface area contributed by atoms with E-state index >= 15 is 0 Å². The Balaban J connectivity index is 1.87. The topological polar surface area (TPSA) is 121 Å². The highest BCUT2D eigenvalue weighted by molar-refractivity contribution is 6.37. The van der Waals surface area contributed by atoms with Gasteiger partial charge in [-0.2, -0.15) is 5.10 Å². The molecular weight excluding hydrogens is 406 g/mol. The summed E-state index contributed by atoms with van der Waals surface area (Å²) in [7, 11) is 3.23. The number of nitrogens with one attached hydrogen (secondary N) is 2. The summed E-state index contributed by atoms with van der Waals surface area (Å²) in [4.78, 5) is 27.0. The zero-order valence-electron chi connectivity index (χ0n) is 16.6. The van der Waals surface area contributed by atoms with Gasteiger partial charge in [0.05, 0.1) is 17.2 Å². The standard InChI is InChI=1S/C21H22ClN5O3/c1-27(2)21(29)16-9-12(18(10-23)26-24)3-5-17(16)25-20(28)14-7-13-8-15(22)4-6-19(13)30-11-14/h3-6,8-10,14,23H,7,11,24H2,1-2H3,(H,25,28)/b23-10?,26-18+. The average Bonchev–Trinajstić information content (AvgIpc) is 2.74. The van der Waals surface area contributed by atoms with Crippen molar-refractivity contribution in [1.29, 1.82) is 5.41 Å². The van der Waals surface area contributed by atoms with Gasteiger partial charge in [0.2, 0.25) is 5.91 Å². The van der Waals surface area contributed by atoms with Gasteiger partial charge in [0.25, 0.3) is 5.91 Å². The minimum atomic E-state index is -0.430. The van der Waals surface area contributed by atoms with Crippen molar-refractivity contribution in [3.63, 3.8) is 0 Å². The molecule has 2 aromatic rings. The Kier molecular flexibility index (Phi) is 6.37. The van der Waals surface area contributed by atoms with E-state index in [9.17, 15) is 9.59 Å². The molecule has 0 bridgehead atoms. The molecule has 9 heteroatoms. The van der Waals surface area contributed by atoms with Crippen LogP contribution < -0.4 is 15.9 Å². The van der Waals surface area contributed by atoms with Gasteiger partial charge in [0.1, 0.15) is 18.1 Å². The lowest BCUT2D eigenvalue weighted by atomic mass is 9.95. The first-order valence-electron chi connectivity index (χ1n) is 9.20. The van der Waals surface area contributed by atoms with Gasteiger partial charge in [-0.3, -0.25) is 9.59 Å². The van der Waals surface area contributed by atoms with Gasteiger partial charge < -0.3 is 26.2 Å². The highest BCUT2D eigenvalue weighted by Gasteiger charge is 2.27. The summed E-state index contributed by atoms with van der Waals surface area (Å²) in [6.07, 6.45) is 1.48. The average molecular weight is 428 g/mol. The highest BCUT2D eigenvalue weighted by atomic mass is 35.5. The lowest BCUT2D eigenvalue weighted by Crippen LogP contribution is -2.33. The molecule has 4 N–H and O–H groups in total. The van der Waals surface area contributed by atoms with Gasteiger partial charge in [0, 0.05) is 30.9 Å². The molecule has 0 aliphatic carbocycles. The van der Waals surface area contributed by atoms with E-state index in [0.29, 0.717) is 22.7 Å². The van der Waals surface area contributed by atoms with E-state index < -0.39 is 5.92 Å². The third-order valence-corrected chi connectivity index (χ3v) is 5.02. The van der Waals surface area contributed by atoms with E-state index in [1.54, 1.807) is 50.5 Å². The molecule has 0 saturated carbocycles. The highest BCUT2D eigenvalue weighted by Crippen LogP contribution is 2.30. The largest absolute Gasteiger partial charge is 0.492 e. The number of anilines is 1. The molecule has 2 amide bonds. The molecule has 0 spiro atoms. The van der Waals surface area contributed by atoms with Crippen LogP contribution >= 0.6 is 11.6 Å². The molecule has 0 radical (unpaired) electrons. The fourth-order valence-electron chi connectivity index (χ4n) is 3.19. The quantitative estimate of drug-likeness (QED) is 0.385. The first-order chi connectivity index (χ1) is 14.3. The number of halogens is 1. The van der Waals surface area contributed by atoms with Gasteiger partial charge in [-0.15, -0.1) is 0 Å². The Morgan fingerprint density at radius 2 is 2.07 bits per heavy atom. The van der Waals surface area contributed by atoms with Crippen LogP contribution in [-0.4, -0.2) is 49.3 Å². The fraction of sp³-hybridized carbons (Fsp3) is 0.238. The monoisotopic (exact) mass is 427 g/mol. The molecule has 2 aromatic carbocycles. The number of hydrogen-bond donors (Lipinski definition) is 3. The lowest BCUT2D eigenvalue weighted by Gasteiger charge is -2.25. The van der Waals surface area contributed by atoms with Crippen molar-refractivity contribution < 1.29 is 14.3 Å². The van der Waals surface area contributed by atoms with Crippen LogP contribution in [0.5, 0.6) is 5.75 Å². The number of nitrogens with zero attached hydrogens (tertiary/aromatic N) is 2. The summed E-state index contributed by atoms with van der Waals surface area (Å²) >= 11 is 6.05. The molecule has 1 heterocycles. The van der Waals surface area contributed by atoms with Crippen molar-refractivity contribution in [2.75, 3.05) is 26.0 Å². The van der Waals surface area contributed by atoms with Crippen molar-refractivity contribution in [2.45, 2.75) is 6.42 Å². The second-order valence-electron chi connectivity index (χ2n) is 7.07. The van der Waals surface area contributed by atoms with Crippen molar-refractivity contribution in [1.82, 2.24) is 4.90 Å². The second-order valence-corrected chi connectivity index (χ2v) is 7.51. The van der Waals surface area contributed by atoms with Gasteiger partial charge in [-0.25, -0.2) is 0 Å². The Bertz CT molecular complexity index is 1040. The summed E-state index contributed by atoms with van der Waals surface area (Å²) in [6, 6.07) is 10.1. The second kappa shape index (κ2) is 8.96. The van der Waals surface area contributed by atoms with Gasteiger partial charge >= 0.3 is 0 Å². The van der Waals surface area contributed by atoms with Crippen LogP contribution in [0.3, 0.4) is 0 Å². The predicted molar refractivity (Wildman–Crippen MR) is 117 cm³/mol. The molecule has 8 nitrogen and oxygen atoms in total. The number of hydrazone groups is 1. The molecule has 1 atom stereocenters. The van der Waals surface area contributed by atoms with Crippen LogP contribution in [0.4, 0.5) is 5.69 Å². The van der Waals surface area contributed by atoms with Gasteiger partial charge in [0.15, 0.2) is 0 Å². The van der Waals surface area contributed by atoms with Crippen molar-refractivity contribution in [3.8, 4) is 5.75 Å². The van der Waals surface area contributed by atoms with Gasteiger partial charge in [-0.05, 0) is 42.3 Å². The van der Waals surface area contributed by atoms with Crippen LogP contribution in [0.25, 0.3) is 0 Å². The third-order valence-electron chi connectivity index (χ3n) is 4.79. The minimum absolute atomic E-state index is 0.217. The summed E-state index contributed by atoms with van der Waals surface area (Å²) < 4.78 is 5.70. The summed E-state index contributed by atoms with van der Waals surface area (Å²) in [5.41, 5.74) is 2.22. The number of benzene rings is 2. The minimum Gasteiger partial charge on any atom is -0.492 e. The number of fused-ring (bicyclic) bond motifs is 1.